The summed E-state index contributed by atoms with van der Waals surface area (Å²) >= 11 is 6.43. The van der Waals surface area contributed by atoms with Gasteiger partial charge in [-0.25, -0.2) is 9.79 Å². The van der Waals surface area contributed by atoms with Crippen LogP contribution in [0.25, 0.3) is 0 Å². The summed E-state index contributed by atoms with van der Waals surface area (Å²) < 4.78 is 5.42. The highest BCUT2D eigenvalue weighted by Gasteiger charge is 2.22. The highest BCUT2D eigenvalue weighted by molar-refractivity contribution is 6.31. The van der Waals surface area contributed by atoms with Crippen molar-refractivity contribution >= 4 is 35.1 Å². The Bertz CT molecular complexity index is 1160. The number of esters is 1. The highest BCUT2D eigenvalue weighted by Crippen LogP contribution is 2.30. The summed E-state index contributed by atoms with van der Waals surface area (Å²) in [7, 11) is 1.76. The van der Waals surface area contributed by atoms with Crippen molar-refractivity contribution in [2.75, 3.05) is 7.05 Å². The Hall–Kier alpha value is -3.84. The Morgan fingerprint density at radius 3 is 2.30 bits per heavy atom. The maximum atomic E-state index is 12.9. The van der Waals surface area contributed by atoms with E-state index in [0.29, 0.717) is 28.4 Å². The van der Waals surface area contributed by atoms with Crippen LogP contribution in [-0.2, 0) is 11.3 Å². The standard InChI is InChI=1S/C25H25ClN4O3/c1-16(23(31)30(2)15-17-6-4-3-5-7-17)21-13-12-20(14-22(21)26)33-24(32)18-8-10-19(11-9-18)29-25(27)28/h3-14,16H,15H2,1-2H3,(H4,27,28,29). The number of nitrogens with zero attached hydrogens (tertiary/aromatic N) is 2. The van der Waals surface area contributed by atoms with E-state index in [-0.39, 0.29) is 17.6 Å². The maximum absolute atomic E-state index is 12.9. The molecule has 8 heteroatoms. The molecule has 3 aromatic rings. The van der Waals surface area contributed by atoms with Gasteiger partial charge in [0, 0.05) is 18.6 Å². The summed E-state index contributed by atoms with van der Waals surface area (Å²) in [4.78, 5) is 30.9. The van der Waals surface area contributed by atoms with E-state index < -0.39 is 11.9 Å². The minimum Gasteiger partial charge on any atom is -0.423 e. The van der Waals surface area contributed by atoms with Gasteiger partial charge in [0.05, 0.1) is 17.2 Å². The number of halogens is 1. The molecule has 7 nitrogen and oxygen atoms in total. The molecule has 33 heavy (non-hydrogen) atoms. The summed E-state index contributed by atoms with van der Waals surface area (Å²) in [5, 5.41) is 0.345. The molecule has 170 valence electrons. The molecule has 3 aromatic carbocycles. The van der Waals surface area contributed by atoms with Gasteiger partial charge in [0.1, 0.15) is 5.75 Å². The van der Waals surface area contributed by atoms with Crippen molar-refractivity contribution in [1.82, 2.24) is 4.90 Å². The van der Waals surface area contributed by atoms with Gasteiger partial charge in [0.15, 0.2) is 5.96 Å². The molecule has 1 unspecified atom stereocenters. The van der Waals surface area contributed by atoms with E-state index in [1.807, 2.05) is 30.3 Å². The van der Waals surface area contributed by atoms with Gasteiger partial charge in [-0.3, -0.25) is 4.79 Å². The summed E-state index contributed by atoms with van der Waals surface area (Å²) in [6.45, 7) is 2.30. The van der Waals surface area contributed by atoms with Gasteiger partial charge in [-0.2, -0.15) is 0 Å². The van der Waals surface area contributed by atoms with Crippen molar-refractivity contribution in [3.8, 4) is 5.75 Å². The first-order valence-electron chi connectivity index (χ1n) is 10.2. The molecule has 0 radical (unpaired) electrons. The van der Waals surface area contributed by atoms with Crippen molar-refractivity contribution < 1.29 is 14.3 Å². The fourth-order valence-corrected chi connectivity index (χ4v) is 3.64. The van der Waals surface area contributed by atoms with E-state index >= 15 is 0 Å². The van der Waals surface area contributed by atoms with Crippen LogP contribution < -0.4 is 16.2 Å². The van der Waals surface area contributed by atoms with E-state index in [1.165, 1.54) is 6.07 Å². The molecule has 0 saturated carbocycles. The lowest BCUT2D eigenvalue weighted by molar-refractivity contribution is -0.131. The minimum absolute atomic E-state index is 0.0636. The van der Waals surface area contributed by atoms with Gasteiger partial charge in [-0.05, 0) is 54.4 Å². The van der Waals surface area contributed by atoms with E-state index in [9.17, 15) is 9.59 Å². The molecular formula is C25H25ClN4O3. The second-order valence-corrected chi connectivity index (χ2v) is 7.97. The number of hydrogen-bond acceptors (Lipinski definition) is 4. The van der Waals surface area contributed by atoms with E-state index in [2.05, 4.69) is 4.99 Å². The van der Waals surface area contributed by atoms with Crippen LogP contribution in [0.15, 0.2) is 77.8 Å². The van der Waals surface area contributed by atoms with Gasteiger partial charge >= 0.3 is 5.97 Å². The van der Waals surface area contributed by atoms with Gasteiger partial charge in [-0.1, -0.05) is 48.0 Å². The van der Waals surface area contributed by atoms with Crippen molar-refractivity contribution in [2.45, 2.75) is 19.4 Å². The maximum Gasteiger partial charge on any atom is 0.343 e. The molecule has 1 atom stereocenters. The Kier molecular flexibility index (Phi) is 7.69. The number of rotatable bonds is 7. The third-order valence-corrected chi connectivity index (χ3v) is 5.35. The molecule has 0 aliphatic rings. The zero-order valence-corrected chi connectivity index (χ0v) is 19.1. The fraction of sp³-hybridized carbons (Fsp3) is 0.160. The van der Waals surface area contributed by atoms with E-state index in [4.69, 9.17) is 27.8 Å². The molecule has 0 aromatic heterocycles. The van der Waals surface area contributed by atoms with Crippen LogP contribution >= 0.6 is 11.6 Å². The van der Waals surface area contributed by atoms with Crippen LogP contribution in [0.5, 0.6) is 5.75 Å². The summed E-state index contributed by atoms with van der Waals surface area (Å²) in [6, 6.07) is 20.9. The van der Waals surface area contributed by atoms with E-state index in [0.717, 1.165) is 5.56 Å². The minimum atomic E-state index is -0.554. The zero-order chi connectivity index (χ0) is 24.0. The Labute approximate surface area is 197 Å². The van der Waals surface area contributed by atoms with Crippen LogP contribution in [0.2, 0.25) is 5.02 Å². The molecule has 0 spiro atoms. The largest absolute Gasteiger partial charge is 0.423 e. The summed E-state index contributed by atoms with van der Waals surface area (Å²) in [5.41, 5.74) is 13.2. The molecule has 0 fully saturated rings. The first kappa shape index (κ1) is 23.8. The van der Waals surface area contributed by atoms with Gasteiger partial charge < -0.3 is 21.1 Å². The molecule has 0 aliphatic carbocycles. The molecule has 0 saturated heterocycles. The van der Waals surface area contributed by atoms with Crippen molar-refractivity contribution in [2.24, 2.45) is 16.5 Å². The van der Waals surface area contributed by atoms with E-state index in [1.54, 1.807) is 55.3 Å². The zero-order valence-electron chi connectivity index (χ0n) is 18.4. The van der Waals surface area contributed by atoms with Crippen LogP contribution in [0.1, 0.15) is 34.3 Å². The second kappa shape index (κ2) is 10.7. The number of benzene rings is 3. The van der Waals surface area contributed by atoms with Crippen LogP contribution in [-0.4, -0.2) is 29.8 Å². The Morgan fingerprint density at radius 2 is 1.70 bits per heavy atom. The number of likely N-dealkylation sites (N-methyl/N-ethyl adjacent to an activating group) is 1. The first-order valence-corrected chi connectivity index (χ1v) is 10.6. The number of aliphatic imine (C=N–C) groups is 1. The van der Waals surface area contributed by atoms with Crippen molar-refractivity contribution in [3.05, 3.63) is 94.5 Å². The second-order valence-electron chi connectivity index (χ2n) is 7.56. The average molecular weight is 465 g/mol. The predicted octanol–water partition coefficient (Wildman–Crippen LogP) is 4.23. The number of amides is 1. The van der Waals surface area contributed by atoms with Crippen LogP contribution in [0.3, 0.4) is 0 Å². The molecule has 0 aliphatic heterocycles. The molecule has 0 heterocycles. The first-order chi connectivity index (χ1) is 15.7. The highest BCUT2D eigenvalue weighted by atomic mass is 35.5. The molecule has 3 rings (SSSR count). The van der Waals surface area contributed by atoms with Crippen LogP contribution in [0.4, 0.5) is 5.69 Å². The molecule has 0 bridgehead atoms. The monoisotopic (exact) mass is 464 g/mol. The van der Waals surface area contributed by atoms with Crippen molar-refractivity contribution in [1.29, 1.82) is 0 Å². The quantitative estimate of drug-likeness (QED) is 0.235. The average Bonchev–Trinajstić information content (AvgIpc) is 2.79. The lowest BCUT2D eigenvalue weighted by atomic mass is 9.99. The summed E-state index contributed by atoms with van der Waals surface area (Å²) in [6.07, 6.45) is 0. The molecule has 1 amide bonds. The fourth-order valence-electron chi connectivity index (χ4n) is 3.31. The number of ether oxygens (including phenoxy) is 1. The summed E-state index contributed by atoms with van der Waals surface area (Å²) in [5.74, 6) is -0.870. The van der Waals surface area contributed by atoms with Gasteiger partial charge in [0.25, 0.3) is 0 Å². The normalized spacial score (nSPS) is 11.4. The lowest BCUT2D eigenvalue weighted by Gasteiger charge is -2.22. The third-order valence-electron chi connectivity index (χ3n) is 5.02. The van der Waals surface area contributed by atoms with Gasteiger partial charge in [-0.15, -0.1) is 0 Å². The van der Waals surface area contributed by atoms with Crippen LogP contribution in [0, 0.1) is 0 Å². The topological polar surface area (TPSA) is 111 Å². The SMILES string of the molecule is CC(C(=O)N(C)Cc1ccccc1)c1ccc(OC(=O)c2ccc(N=C(N)N)cc2)cc1Cl. The smallest absolute Gasteiger partial charge is 0.343 e. The van der Waals surface area contributed by atoms with Crippen molar-refractivity contribution in [3.63, 3.8) is 0 Å². The molecular weight excluding hydrogens is 440 g/mol. The number of nitrogens with two attached hydrogens (primary N) is 2. The number of guanidine groups is 1. The number of carbonyl (C=O) groups is 2. The predicted molar refractivity (Wildman–Crippen MR) is 130 cm³/mol. The number of hydrogen-bond donors (Lipinski definition) is 2. The van der Waals surface area contributed by atoms with Gasteiger partial charge in [0.2, 0.25) is 5.91 Å². The number of carbonyl (C=O) groups excluding carboxylic acids is 2. The Balaban J connectivity index is 1.66. The molecule has 4 N–H and O–H groups in total. The lowest BCUT2D eigenvalue weighted by Crippen LogP contribution is -2.30. The third kappa shape index (κ3) is 6.33. The Morgan fingerprint density at radius 1 is 1.03 bits per heavy atom.